The Hall–Kier alpha value is -2.15. The third-order valence-corrected chi connectivity index (χ3v) is 5.36. The monoisotopic (exact) mass is 317 g/mol. The molecule has 124 valence electrons. The maximum absolute atomic E-state index is 8.12. The predicted molar refractivity (Wildman–Crippen MR) is 104 cm³/mol. The molecule has 2 atom stereocenters. The van der Waals surface area contributed by atoms with E-state index < -0.39 is 0 Å². The highest BCUT2D eigenvalue weighted by atomic mass is 14.4. The van der Waals surface area contributed by atoms with Gasteiger partial charge in [0.15, 0.2) is 0 Å². The normalized spacial score (nSPS) is 31.5. The summed E-state index contributed by atoms with van der Waals surface area (Å²) in [5.41, 5.74) is 7.46. The van der Waals surface area contributed by atoms with E-state index in [4.69, 9.17) is 5.41 Å². The minimum absolute atomic E-state index is 0.489. The van der Waals surface area contributed by atoms with E-state index in [1.54, 1.807) is 0 Å². The van der Waals surface area contributed by atoms with Crippen LogP contribution in [0, 0.1) is 17.2 Å². The van der Waals surface area contributed by atoms with Crippen molar-refractivity contribution in [1.82, 2.24) is 0 Å². The molecule has 0 bridgehead atoms. The van der Waals surface area contributed by atoms with E-state index in [2.05, 4.69) is 69.3 Å². The standard InChI is InChI=1S/C23H27N/c1-16-10-13-21-17(2)9-11-20(24)12-14-22(21)23(15-18(16)3)19-7-5-4-6-8-19/h4-8,12-17,24H,9-11H2,1-3H3/b14-12-,18-15-,21-13?,23-22+,24-20?. The molecule has 3 rings (SSSR count). The Kier molecular flexibility index (Phi) is 4.99. The second kappa shape index (κ2) is 7.17. The van der Waals surface area contributed by atoms with Crippen LogP contribution >= 0.6 is 0 Å². The molecule has 1 aromatic rings. The summed E-state index contributed by atoms with van der Waals surface area (Å²) < 4.78 is 0. The predicted octanol–water partition coefficient (Wildman–Crippen LogP) is 6.36. The molecular weight excluding hydrogens is 290 g/mol. The topological polar surface area (TPSA) is 23.9 Å². The van der Waals surface area contributed by atoms with Gasteiger partial charge >= 0.3 is 0 Å². The van der Waals surface area contributed by atoms with Crippen LogP contribution in [0.3, 0.4) is 0 Å². The molecule has 0 aliphatic heterocycles. The molecular formula is C23H27N. The maximum atomic E-state index is 8.12. The van der Waals surface area contributed by atoms with Crippen LogP contribution in [0.15, 0.2) is 71.4 Å². The first-order chi connectivity index (χ1) is 11.6. The second-order valence-corrected chi connectivity index (χ2v) is 7.18. The van der Waals surface area contributed by atoms with Gasteiger partial charge in [-0.3, -0.25) is 0 Å². The molecule has 0 saturated heterocycles. The third-order valence-electron chi connectivity index (χ3n) is 5.36. The first-order valence-corrected chi connectivity index (χ1v) is 9.00. The molecule has 0 heterocycles. The number of allylic oxidation sites excluding steroid dienone is 8. The Labute approximate surface area is 146 Å². The molecule has 0 amide bonds. The van der Waals surface area contributed by atoms with Gasteiger partial charge in [-0.05, 0) is 66.4 Å². The first-order valence-electron chi connectivity index (χ1n) is 9.00. The van der Waals surface area contributed by atoms with Crippen LogP contribution in [0.2, 0.25) is 0 Å². The van der Waals surface area contributed by atoms with E-state index in [0.717, 1.165) is 25.0 Å². The highest BCUT2D eigenvalue weighted by Crippen LogP contribution is 2.37. The van der Waals surface area contributed by atoms with Crippen molar-refractivity contribution in [3.8, 4) is 0 Å². The number of hydrogen-bond acceptors (Lipinski definition) is 1. The number of benzene rings is 1. The molecule has 1 aromatic carbocycles. The van der Waals surface area contributed by atoms with Crippen molar-refractivity contribution in [3.05, 3.63) is 76.9 Å². The van der Waals surface area contributed by atoms with Crippen LogP contribution in [0.25, 0.3) is 5.57 Å². The highest BCUT2D eigenvalue weighted by molar-refractivity contribution is 5.94. The van der Waals surface area contributed by atoms with E-state index in [1.165, 1.54) is 27.9 Å². The molecule has 24 heavy (non-hydrogen) atoms. The molecule has 2 aliphatic carbocycles. The lowest BCUT2D eigenvalue weighted by Crippen LogP contribution is -2.11. The molecule has 0 spiro atoms. The van der Waals surface area contributed by atoms with Crippen molar-refractivity contribution in [2.45, 2.75) is 40.0 Å². The number of nitrogens with one attached hydrogen (secondary N) is 1. The Balaban J connectivity index is 2.27. The van der Waals surface area contributed by atoms with Crippen molar-refractivity contribution in [3.63, 3.8) is 0 Å². The summed E-state index contributed by atoms with van der Waals surface area (Å²) in [6, 6.07) is 10.7. The third kappa shape index (κ3) is 3.51. The summed E-state index contributed by atoms with van der Waals surface area (Å²) >= 11 is 0. The van der Waals surface area contributed by atoms with Gasteiger partial charge in [0.2, 0.25) is 0 Å². The number of rotatable bonds is 1. The van der Waals surface area contributed by atoms with Crippen LogP contribution in [0.4, 0.5) is 0 Å². The van der Waals surface area contributed by atoms with E-state index in [9.17, 15) is 0 Å². The molecule has 2 unspecified atom stereocenters. The lowest BCUT2D eigenvalue weighted by Gasteiger charge is -2.25. The fourth-order valence-corrected chi connectivity index (χ4v) is 3.51. The summed E-state index contributed by atoms with van der Waals surface area (Å²) in [7, 11) is 0. The first kappa shape index (κ1) is 16.7. The number of fused-ring (bicyclic) bond motifs is 1. The van der Waals surface area contributed by atoms with E-state index >= 15 is 0 Å². The molecule has 0 fully saturated rings. The van der Waals surface area contributed by atoms with Gasteiger partial charge in [0, 0.05) is 5.71 Å². The Bertz CT molecular complexity index is 743. The van der Waals surface area contributed by atoms with Gasteiger partial charge in [-0.15, -0.1) is 0 Å². The lowest BCUT2D eigenvalue weighted by molar-refractivity contribution is 0.622. The Morgan fingerprint density at radius 2 is 1.71 bits per heavy atom. The van der Waals surface area contributed by atoms with Gasteiger partial charge < -0.3 is 5.41 Å². The molecule has 0 saturated carbocycles. The van der Waals surface area contributed by atoms with Crippen molar-refractivity contribution >= 4 is 11.3 Å². The molecule has 1 nitrogen and oxygen atoms in total. The van der Waals surface area contributed by atoms with Gasteiger partial charge in [-0.2, -0.15) is 0 Å². The van der Waals surface area contributed by atoms with Crippen LogP contribution in [-0.4, -0.2) is 5.71 Å². The van der Waals surface area contributed by atoms with E-state index in [1.807, 2.05) is 6.08 Å². The molecule has 2 aliphatic rings. The molecule has 1 heteroatoms. The summed E-state index contributed by atoms with van der Waals surface area (Å²) in [4.78, 5) is 0. The van der Waals surface area contributed by atoms with Crippen LogP contribution in [0.1, 0.15) is 45.6 Å². The summed E-state index contributed by atoms with van der Waals surface area (Å²) in [5, 5.41) is 8.12. The summed E-state index contributed by atoms with van der Waals surface area (Å²) in [6.45, 7) is 6.87. The Morgan fingerprint density at radius 1 is 0.958 bits per heavy atom. The average Bonchev–Trinajstić information content (AvgIpc) is 2.58. The second-order valence-electron chi connectivity index (χ2n) is 7.18. The van der Waals surface area contributed by atoms with Gasteiger partial charge in [0.05, 0.1) is 0 Å². The van der Waals surface area contributed by atoms with Crippen LogP contribution in [-0.2, 0) is 0 Å². The molecule has 0 radical (unpaired) electrons. The SMILES string of the molecule is C/C1=C/C(c2ccccc2)=C2/C=C\C(=N)CCC(C)C2=CCC1C. The maximum Gasteiger partial charge on any atom is 0.0314 e. The minimum atomic E-state index is 0.489. The molecule has 1 N–H and O–H groups in total. The fourth-order valence-electron chi connectivity index (χ4n) is 3.51. The zero-order valence-electron chi connectivity index (χ0n) is 15.0. The smallest absolute Gasteiger partial charge is 0.0314 e. The zero-order valence-corrected chi connectivity index (χ0v) is 15.0. The highest BCUT2D eigenvalue weighted by Gasteiger charge is 2.21. The number of hydrogen-bond donors (Lipinski definition) is 1. The van der Waals surface area contributed by atoms with Crippen molar-refractivity contribution in [1.29, 1.82) is 5.41 Å². The van der Waals surface area contributed by atoms with E-state index in [0.29, 0.717) is 11.8 Å². The van der Waals surface area contributed by atoms with Crippen LogP contribution in [0.5, 0.6) is 0 Å². The van der Waals surface area contributed by atoms with Crippen molar-refractivity contribution in [2.24, 2.45) is 11.8 Å². The van der Waals surface area contributed by atoms with Crippen molar-refractivity contribution < 1.29 is 0 Å². The largest absolute Gasteiger partial charge is 0.305 e. The van der Waals surface area contributed by atoms with Gasteiger partial charge in [0.1, 0.15) is 0 Å². The fraction of sp³-hybridized carbons (Fsp3) is 0.348. The minimum Gasteiger partial charge on any atom is -0.305 e. The quantitative estimate of drug-likeness (QED) is 0.623. The summed E-state index contributed by atoms with van der Waals surface area (Å²) in [5.74, 6) is 1.06. The van der Waals surface area contributed by atoms with Crippen LogP contribution < -0.4 is 0 Å². The van der Waals surface area contributed by atoms with Gasteiger partial charge in [-0.25, -0.2) is 0 Å². The van der Waals surface area contributed by atoms with Gasteiger partial charge in [0.25, 0.3) is 0 Å². The Morgan fingerprint density at radius 3 is 2.46 bits per heavy atom. The van der Waals surface area contributed by atoms with Crippen molar-refractivity contribution in [2.75, 3.05) is 0 Å². The van der Waals surface area contributed by atoms with Gasteiger partial charge in [-0.1, -0.05) is 68.0 Å². The molecule has 0 aromatic heterocycles. The van der Waals surface area contributed by atoms with E-state index in [-0.39, 0.29) is 0 Å². The average molecular weight is 317 g/mol. The zero-order chi connectivity index (χ0) is 17.1. The lowest BCUT2D eigenvalue weighted by atomic mass is 9.79. The summed E-state index contributed by atoms with van der Waals surface area (Å²) in [6.07, 6.45) is 12.0.